The molecule has 2 atom stereocenters. The van der Waals surface area contributed by atoms with Crippen LogP contribution in [0.5, 0.6) is 0 Å². The standard InChI is InChI=1S/C27H33OPS/c1-21(2)26(30-27(3,4)5)25(22-15-9-6-10-16-22)28-29(23-17-11-7-12-18-23)24-19-13-8-14-20-24/h6-21,25-26H,1-5H3/t25-,26-/m1/s1. The van der Waals surface area contributed by atoms with E-state index < -0.39 is 8.15 Å². The zero-order valence-corrected chi connectivity index (χ0v) is 20.4. The summed E-state index contributed by atoms with van der Waals surface area (Å²) in [5, 5.41) is 2.86. The first kappa shape index (κ1) is 23.1. The van der Waals surface area contributed by atoms with Gasteiger partial charge < -0.3 is 4.52 Å². The molecule has 3 aromatic rings. The molecule has 3 heteroatoms. The van der Waals surface area contributed by atoms with Gasteiger partial charge in [0.05, 0.1) is 14.3 Å². The van der Waals surface area contributed by atoms with Crippen molar-refractivity contribution in [2.24, 2.45) is 5.92 Å². The van der Waals surface area contributed by atoms with Crippen LogP contribution >= 0.6 is 19.9 Å². The second kappa shape index (κ2) is 10.6. The fourth-order valence-electron chi connectivity index (χ4n) is 3.42. The Morgan fingerprint density at radius 3 is 1.53 bits per heavy atom. The molecule has 0 N–H and O–H groups in total. The maximum absolute atomic E-state index is 7.12. The van der Waals surface area contributed by atoms with Crippen molar-refractivity contribution in [2.75, 3.05) is 0 Å². The molecule has 30 heavy (non-hydrogen) atoms. The normalized spacial score (nSPS) is 14.1. The van der Waals surface area contributed by atoms with E-state index in [0.717, 1.165) is 0 Å². The lowest BCUT2D eigenvalue weighted by atomic mass is 9.99. The van der Waals surface area contributed by atoms with Gasteiger partial charge in [0.25, 0.3) is 0 Å². The van der Waals surface area contributed by atoms with Crippen molar-refractivity contribution >= 4 is 30.5 Å². The summed E-state index contributed by atoms with van der Waals surface area (Å²) < 4.78 is 7.28. The van der Waals surface area contributed by atoms with E-state index in [9.17, 15) is 0 Å². The first-order valence-electron chi connectivity index (χ1n) is 10.6. The van der Waals surface area contributed by atoms with Crippen LogP contribution in [-0.2, 0) is 4.52 Å². The highest BCUT2D eigenvalue weighted by Crippen LogP contribution is 2.48. The minimum absolute atomic E-state index is 0.0157. The first-order valence-corrected chi connectivity index (χ1v) is 12.8. The maximum atomic E-state index is 7.12. The lowest BCUT2D eigenvalue weighted by Gasteiger charge is -2.37. The number of rotatable bonds is 8. The predicted octanol–water partition coefficient (Wildman–Crippen LogP) is 7.35. The Morgan fingerprint density at radius 1 is 0.700 bits per heavy atom. The molecule has 0 heterocycles. The third-order valence-corrected chi connectivity index (χ3v) is 8.52. The predicted molar refractivity (Wildman–Crippen MR) is 135 cm³/mol. The fraction of sp³-hybridized carbons (Fsp3) is 0.333. The summed E-state index contributed by atoms with van der Waals surface area (Å²) in [6.07, 6.45) is 0.0157. The SMILES string of the molecule is CC(C)[C@@H](SC(C)(C)C)[C@H](OP(c1ccccc1)c1ccccc1)c1ccccc1. The summed E-state index contributed by atoms with van der Waals surface area (Å²) in [4.78, 5) is 0. The smallest absolute Gasteiger partial charge is 0.0997 e. The summed E-state index contributed by atoms with van der Waals surface area (Å²) in [6.45, 7) is 11.5. The first-order chi connectivity index (χ1) is 14.3. The van der Waals surface area contributed by atoms with E-state index in [0.29, 0.717) is 11.2 Å². The Bertz CT molecular complexity index is 836. The molecule has 3 aromatic carbocycles. The van der Waals surface area contributed by atoms with E-state index >= 15 is 0 Å². The van der Waals surface area contributed by atoms with Gasteiger partial charge in [-0.25, -0.2) is 0 Å². The fourth-order valence-corrected chi connectivity index (χ4v) is 6.83. The van der Waals surface area contributed by atoms with Crippen molar-refractivity contribution in [1.82, 2.24) is 0 Å². The van der Waals surface area contributed by atoms with Crippen molar-refractivity contribution in [2.45, 2.75) is 50.7 Å². The van der Waals surface area contributed by atoms with Crippen LogP contribution in [0.2, 0.25) is 0 Å². The van der Waals surface area contributed by atoms with Gasteiger partial charge in [-0.1, -0.05) is 126 Å². The van der Waals surface area contributed by atoms with E-state index in [2.05, 4.69) is 126 Å². The van der Waals surface area contributed by atoms with Gasteiger partial charge in [0.15, 0.2) is 0 Å². The monoisotopic (exact) mass is 436 g/mol. The molecule has 0 aliphatic carbocycles. The van der Waals surface area contributed by atoms with Crippen molar-refractivity contribution in [1.29, 1.82) is 0 Å². The molecule has 158 valence electrons. The highest BCUT2D eigenvalue weighted by atomic mass is 32.2. The molecule has 0 amide bonds. The molecular weight excluding hydrogens is 403 g/mol. The van der Waals surface area contributed by atoms with Crippen LogP contribution in [0.1, 0.15) is 46.3 Å². The number of thioether (sulfide) groups is 1. The molecule has 0 aliphatic rings. The van der Waals surface area contributed by atoms with Gasteiger partial charge in [-0.05, 0) is 11.5 Å². The zero-order chi connectivity index (χ0) is 21.6. The van der Waals surface area contributed by atoms with Gasteiger partial charge in [0, 0.05) is 20.6 Å². The van der Waals surface area contributed by atoms with E-state index in [1.54, 1.807) is 0 Å². The van der Waals surface area contributed by atoms with Crippen molar-refractivity contribution in [3.63, 3.8) is 0 Å². The molecule has 0 aliphatic heterocycles. The number of benzene rings is 3. The van der Waals surface area contributed by atoms with Gasteiger partial charge in [-0.15, -0.1) is 11.8 Å². The molecule has 0 spiro atoms. The van der Waals surface area contributed by atoms with E-state index in [1.165, 1.54) is 16.2 Å². The second-order valence-electron chi connectivity index (χ2n) is 8.84. The van der Waals surface area contributed by atoms with Crippen LogP contribution in [-0.4, -0.2) is 10.00 Å². The van der Waals surface area contributed by atoms with Gasteiger partial charge in [0.2, 0.25) is 0 Å². The van der Waals surface area contributed by atoms with Gasteiger partial charge >= 0.3 is 0 Å². The molecule has 0 saturated heterocycles. The van der Waals surface area contributed by atoms with E-state index in [-0.39, 0.29) is 10.9 Å². The van der Waals surface area contributed by atoms with Crippen molar-refractivity contribution in [3.8, 4) is 0 Å². The largest absolute Gasteiger partial charge is 0.341 e. The van der Waals surface area contributed by atoms with Crippen LogP contribution < -0.4 is 10.6 Å². The van der Waals surface area contributed by atoms with Gasteiger partial charge in [-0.3, -0.25) is 0 Å². The van der Waals surface area contributed by atoms with E-state index in [1.807, 2.05) is 11.8 Å². The Morgan fingerprint density at radius 2 is 1.13 bits per heavy atom. The third kappa shape index (κ3) is 6.45. The molecule has 3 rings (SSSR count). The average molecular weight is 437 g/mol. The van der Waals surface area contributed by atoms with Crippen molar-refractivity contribution in [3.05, 3.63) is 96.6 Å². The zero-order valence-electron chi connectivity index (χ0n) is 18.7. The summed E-state index contributed by atoms with van der Waals surface area (Å²) >= 11 is 2.03. The lowest BCUT2D eigenvalue weighted by molar-refractivity contribution is 0.211. The second-order valence-corrected chi connectivity index (χ2v) is 12.7. The highest BCUT2D eigenvalue weighted by Gasteiger charge is 2.34. The molecule has 0 radical (unpaired) electrons. The van der Waals surface area contributed by atoms with Gasteiger partial charge in [-0.2, -0.15) is 0 Å². The maximum Gasteiger partial charge on any atom is 0.0997 e. The molecule has 0 bridgehead atoms. The topological polar surface area (TPSA) is 9.23 Å². The van der Waals surface area contributed by atoms with Crippen LogP contribution in [0, 0.1) is 5.92 Å². The van der Waals surface area contributed by atoms with Gasteiger partial charge in [0.1, 0.15) is 0 Å². The Hall–Kier alpha value is -1.60. The Balaban J connectivity index is 2.05. The molecule has 1 nitrogen and oxygen atoms in total. The summed E-state index contributed by atoms with van der Waals surface area (Å²) in [6, 6.07) is 32.1. The Kier molecular flexibility index (Phi) is 8.17. The average Bonchev–Trinajstić information content (AvgIpc) is 2.74. The van der Waals surface area contributed by atoms with Crippen molar-refractivity contribution < 1.29 is 4.52 Å². The van der Waals surface area contributed by atoms with Crippen LogP contribution in [0.15, 0.2) is 91.0 Å². The Labute approximate surface area is 188 Å². The van der Waals surface area contributed by atoms with Crippen LogP contribution in [0.4, 0.5) is 0 Å². The van der Waals surface area contributed by atoms with E-state index in [4.69, 9.17) is 4.52 Å². The third-order valence-electron chi connectivity index (χ3n) is 4.77. The summed E-state index contributed by atoms with van der Waals surface area (Å²) in [5.74, 6) is 0.489. The molecule has 0 saturated carbocycles. The molecule has 0 unspecified atom stereocenters. The van der Waals surface area contributed by atoms with Crippen LogP contribution in [0.25, 0.3) is 0 Å². The number of hydrogen-bond acceptors (Lipinski definition) is 2. The number of hydrogen-bond donors (Lipinski definition) is 0. The minimum Gasteiger partial charge on any atom is -0.341 e. The molecule has 0 aromatic heterocycles. The van der Waals surface area contributed by atoms with Crippen LogP contribution in [0.3, 0.4) is 0 Å². The molecule has 0 fully saturated rings. The minimum atomic E-state index is -0.926. The molecular formula is C27H33OPS. The highest BCUT2D eigenvalue weighted by molar-refractivity contribution is 8.01. The summed E-state index contributed by atoms with van der Waals surface area (Å²) in [5.41, 5.74) is 1.26. The lowest BCUT2D eigenvalue weighted by Crippen LogP contribution is -2.29. The quantitative estimate of drug-likeness (QED) is 0.341. The summed E-state index contributed by atoms with van der Waals surface area (Å²) in [7, 11) is -0.926.